The molecule has 0 saturated heterocycles. The van der Waals surface area contributed by atoms with Crippen LogP contribution < -0.4 is 5.32 Å². The Morgan fingerprint density at radius 3 is 2.73 bits per heavy atom. The molecule has 3 rings (SSSR count). The summed E-state index contributed by atoms with van der Waals surface area (Å²) in [6.07, 6.45) is 3.50. The van der Waals surface area contributed by atoms with Gasteiger partial charge in [0, 0.05) is 6.04 Å². The van der Waals surface area contributed by atoms with Crippen molar-refractivity contribution in [2.75, 3.05) is 0 Å². The van der Waals surface area contributed by atoms with Gasteiger partial charge >= 0.3 is 0 Å². The summed E-state index contributed by atoms with van der Waals surface area (Å²) >= 11 is 1.39. The molecule has 0 spiro atoms. The lowest BCUT2D eigenvalue weighted by Crippen LogP contribution is -2.46. The molecule has 6 nitrogen and oxygen atoms in total. The molecule has 1 aliphatic rings. The molecule has 1 N–H and O–H groups in total. The molecule has 0 aliphatic heterocycles. The number of nitrogens with zero attached hydrogens (tertiary/aromatic N) is 4. The summed E-state index contributed by atoms with van der Waals surface area (Å²) < 4.78 is 1.68. The second-order valence-electron chi connectivity index (χ2n) is 7.35. The molecule has 1 aromatic carbocycles. The molecule has 1 heterocycles. The average molecular weight is 374 g/mol. The van der Waals surface area contributed by atoms with E-state index in [1.54, 1.807) is 4.68 Å². The van der Waals surface area contributed by atoms with Crippen molar-refractivity contribution in [3.05, 3.63) is 29.8 Å². The van der Waals surface area contributed by atoms with Gasteiger partial charge in [0.1, 0.15) is 0 Å². The van der Waals surface area contributed by atoms with Crippen LogP contribution in [0.5, 0.6) is 0 Å². The van der Waals surface area contributed by atoms with Crippen molar-refractivity contribution >= 4 is 17.7 Å². The number of carbonyl (C=O) groups excluding carboxylic acids is 1. The van der Waals surface area contributed by atoms with E-state index in [1.165, 1.54) is 30.2 Å². The van der Waals surface area contributed by atoms with Crippen molar-refractivity contribution in [3.8, 4) is 5.69 Å². The van der Waals surface area contributed by atoms with Crippen LogP contribution in [-0.2, 0) is 4.79 Å². The highest BCUT2D eigenvalue weighted by Gasteiger charge is 2.30. The van der Waals surface area contributed by atoms with Crippen LogP contribution in [0.15, 0.2) is 29.4 Å². The zero-order valence-corrected chi connectivity index (χ0v) is 16.7. The molecule has 0 radical (unpaired) electrons. The van der Waals surface area contributed by atoms with Gasteiger partial charge in [0.05, 0.1) is 10.9 Å². The Bertz CT molecular complexity index is 745. The Morgan fingerprint density at radius 2 is 2.00 bits per heavy atom. The fourth-order valence-corrected chi connectivity index (χ4v) is 4.21. The molecular formula is C19H27N5OS. The van der Waals surface area contributed by atoms with Gasteiger partial charge in [0.15, 0.2) is 0 Å². The quantitative estimate of drug-likeness (QED) is 0.813. The number of nitrogens with one attached hydrogen (secondary N) is 1. The van der Waals surface area contributed by atoms with Crippen LogP contribution in [0.25, 0.3) is 5.69 Å². The van der Waals surface area contributed by atoms with E-state index in [1.807, 2.05) is 38.1 Å². The minimum Gasteiger partial charge on any atom is -0.352 e. The van der Waals surface area contributed by atoms with Crippen molar-refractivity contribution in [1.82, 2.24) is 25.5 Å². The minimum absolute atomic E-state index is 0.0550. The lowest BCUT2D eigenvalue weighted by Gasteiger charge is -2.35. The number of hydrogen-bond acceptors (Lipinski definition) is 5. The Labute approximate surface area is 159 Å². The molecule has 1 aromatic heterocycles. The molecule has 1 amide bonds. The van der Waals surface area contributed by atoms with Crippen LogP contribution >= 0.6 is 11.8 Å². The Hall–Kier alpha value is -1.89. The van der Waals surface area contributed by atoms with Crippen molar-refractivity contribution in [1.29, 1.82) is 0 Å². The third-order valence-electron chi connectivity index (χ3n) is 5.41. The Morgan fingerprint density at radius 1 is 1.27 bits per heavy atom. The zero-order chi connectivity index (χ0) is 18.7. The molecule has 26 heavy (non-hydrogen) atoms. The number of rotatable bonds is 5. The molecule has 0 bridgehead atoms. The molecule has 1 aliphatic carbocycles. The molecular weight excluding hydrogens is 346 g/mol. The third-order valence-corrected chi connectivity index (χ3v) is 6.44. The monoisotopic (exact) mass is 373 g/mol. The Balaban J connectivity index is 1.65. The SMILES string of the molecule is Cc1ccc(-n2nnnc2S[C@H](C)C(=O)N[C@@H]2CCC[C@H](C)[C@@H]2C)cc1. The molecule has 1 saturated carbocycles. The first-order valence-electron chi connectivity index (χ1n) is 9.28. The summed E-state index contributed by atoms with van der Waals surface area (Å²) in [4.78, 5) is 12.7. The average Bonchev–Trinajstić information content (AvgIpc) is 3.07. The molecule has 4 atom stereocenters. The predicted molar refractivity (Wildman–Crippen MR) is 103 cm³/mol. The van der Waals surface area contributed by atoms with Crippen LogP contribution in [-0.4, -0.2) is 37.4 Å². The van der Waals surface area contributed by atoms with Crippen LogP contribution in [0.3, 0.4) is 0 Å². The van der Waals surface area contributed by atoms with E-state index in [0.29, 0.717) is 17.0 Å². The highest BCUT2D eigenvalue weighted by atomic mass is 32.2. The zero-order valence-electron chi connectivity index (χ0n) is 15.8. The van der Waals surface area contributed by atoms with E-state index in [0.717, 1.165) is 12.1 Å². The van der Waals surface area contributed by atoms with Crippen LogP contribution in [0.1, 0.15) is 45.6 Å². The summed E-state index contributed by atoms with van der Waals surface area (Å²) in [5.74, 6) is 1.23. The van der Waals surface area contributed by atoms with Crippen molar-refractivity contribution in [3.63, 3.8) is 0 Å². The fraction of sp³-hybridized carbons (Fsp3) is 0.579. The number of benzene rings is 1. The summed E-state index contributed by atoms with van der Waals surface area (Å²) in [6, 6.07) is 8.26. The first-order chi connectivity index (χ1) is 12.5. The molecule has 140 valence electrons. The smallest absolute Gasteiger partial charge is 0.233 e. The predicted octanol–water partition coefficient (Wildman–Crippen LogP) is 3.39. The molecule has 7 heteroatoms. The highest BCUT2D eigenvalue weighted by molar-refractivity contribution is 8.00. The standard InChI is InChI=1S/C19H27N5OS/c1-12-8-10-16(11-9-12)24-19(21-22-23-24)26-15(4)18(25)20-17-7-5-6-13(2)14(17)3/h8-11,13-15,17H,5-7H2,1-4H3,(H,20,25)/t13-,14-,15+,17+/m0/s1. The molecule has 2 aromatic rings. The topological polar surface area (TPSA) is 72.7 Å². The van der Waals surface area contributed by atoms with Gasteiger partial charge in [-0.2, -0.15) is 4.68 Å². The van der Waals surface area contributed by atoms with E-state index in [4.69, 9.17) is 0 Å². The van der Waals surface area contributed by atoms with Crippen molar-refractivity contribution in [2.24, 2.45) is 11.8 Å². The summed E-state index contributed by atoms with van der Waals surface area (Å²) in [6.45, 7) is 8.46. The largest absolute Gasteiger partial charge is 0.352 e. The van der Waals surface area contributed by atoms with Gasteiger partial charge < -0.3 is 5.32 Å². The lowest BCUT2D eigenvalue weighted by atomic mass is 9.78. The van der Waals surface area contributed by atoms with E-state index in [2.05, 4.69) is 34.7 Å². The van der Waals surface area contributed by atoms with Gasteiger partial charge in [0.2, 0.25) is 11.1 Å². The number of tetrazole rings is 1. The maximum absolute atomic E-state index is 12.7. The number of amides is 1. The van der Waals surface area contributed by atoms with E-state index < -0.39 is 0 Å². The van der Waals surface area contributed by atoms with Crippen molar-refractivity contribution in [2.45, 2.75) is 63.4 Å². The fourth-order valence-electron chi connectivity index (χ4n) is 3.40. The first-order valence-corrected chi connectivity index (χ1v) is 10.2. The normalized spacial score (nSPS) is 24.2. The number of aryl methyl sites for hydroxylation is 1. The van der Waals surface area contributed by atoms with Gasteiger partial charge in [-0.15, -0.1) is 5.10 Å². The van der Waals surface area contributed by atoms with Crippen molar-refractivity contribution < 1.29 is 4.79 Å². The second-order valence-corrected chi connectivity index (χ2v) is 8.66. The van der Waals surface area contributed by atoms with Crippen LogP contribution in [0.4, 0.5) is 0 Å². The third kappa shape index (κ3) is 4.26. The number of carbonyl (C=O) groups is 1. The van der Waals surface area contributed by atoms with E-state index >= 15 is 0 Å². The van der Waals surface area contributed by atoms with Crippen LogP contribution in [0.2, 0.25) is 0 Å². The van der Waals surface area contributed by atoms with E-state index in [9.17, 15) is 4.79 Å². The number of thioether (sulfide) groups is 1. The lowest BCUT2D eigenvalue weighted by molar-refractivity contribution is -0.121. The Kier molecular flexibility index (Phi) is 5.96. The van der Waals surface area contributed by atoms with Gasteiger partial charge in [-0.25, -0.2) is 0 Å². The van der Waals surface area contributed by atoms with Gasteiger partial charge in [-0.05, 0) is 54.7 Å². The van der Waals surface area contributed by atoms with Gasteiger partial charge in [0.25, 0.3) is 0 Å². The summed E-state index contributed by atoms with van der Waals surface area (Å²) in [5.41, 5.74) is 2.07. The van der Waals surface area contributed by atoms with Gasteiger partial charge in [-0.1, -0.05) is 56.1 Å². The number of aromatic nitrogens is 4. The first kappa shape index (κ1) is 18.9. The highest BCUT2D eigenvalue weighted by Crippen LogP contribution is 2.30. The maximum atomic E-state index is 12.7. The van der Waals surface area contributed by atoms with Crippen LogP contribution in [0, 0.1) is 18.8 Å². The second kappa shape index (κ2) is 8.20. The minimum atomic E-state index is -0.255. The maximum Gasteiger partial charge on any atom is 0.233 e. The summed E-state index contributed by atoms with van der Waals surface area (Å²) in [5, 5.41) is 15.6. The number of hydrogen-bond donors (Lipinski definition) is 1. The molecule has 1 fully saturated rings. The van der Waals surface area contributed by atoms with Gasteiger partial charge in [-0.3, -0.25) is 4.79 Å². The molecule has 0 unspecified atom stereocenters. The summed E-state index contributed by atoms with van der Waals surface area (Å²) in [7, 11) is 0. The van der Waals surface area contributed by atoms with E-state index in [-0.39, 0.29) is 17.2 Å².